The quantitative estimate of drug-likeness (QED) is 0.777. The molecule has 1 aliphatic rings. The maximum absolute atomic E-state index is 11.9. The zero-order valence-corrected chi connectivity index (χ0v) is 11.2. The summed E-state index contributed by atoms with van der Waals surface area (Å²) in [5.41, 5.74) is 2.39. The van der Waals surface area contributed by atoms with Crippen molar-refractivity contribution in [3.63, 3.8) is 0 Å². The fourth-order valence-electron chi connectivity index (χ4n) is 1.98. The summed E-state index contributed by atoms with van der Waals surface area (Å²) in [4.78, 5) is 14.3. The fourth-order valence-corrected chi connectivity index (χ4v) is 2.98. The highest BCUT2D eigenvalue weighted by Gasteiger charge is 2.24. The Labute approximate surface area is 114 Å². The van der Waals surface area contributed by atoms with Crippen molar-refractivity contribution in [3.05, 3.63) is 50.7 Å². The molecular weight excluding hydrogens is 266 g/mol. The van der Waals surface area contributed by atoms with Crippen molar-refractivity contribution in [2.24, 2.45) is 0 Å². The van der Waals surface area contributed by atoms with E-state index >= 15 is 0 Å². The van der Waals surface area contributed by atoms with Crippen LogP contribution in [0.5, 0.6) is 0 Å². The smallest absolute Gasteiger partial charge is 0.256 e. The van der Waals surface area contributed by atoms with E-state index in [-0.39, 0.29) is 5.91 Å². The van der Waals surface area contributed by atoms with Crippen LogP contribution < -0.4 is 5.32 Å². The maximum atomic E-state index is 11.9. The van der Waals surface area contributed by atoms with Crippen molar-refractivity contribution in [1.29, 1.82) is 0 Å². The Morgan fingerprint density at radius 3 is 2.83 bits per heavy atom. The summed E-state index contributed by atoms with van der Waals surface area (Å²) < 4.78 is 0. The number of anilines is 1. The van der Waals surface area contributed by atoms with Gasteiger partial charge in [0.2, 0.25) is 0 Å². The van der Waals surface area contributed by atoms with Crippen LogP contribution in [0.1, 0.15) is 15.3 Å². The van der Waals surface area contributed by atoms with Gasteiger partial charge in [0, 0.05) is 20.3 Å². The van der Waals surface area contributed by atoms with E-state index in [2.05, 4.69) is 12.2 Å². The van der Waals surface area contributed by atoms with E-state index in [4.69, 9.17) is 11.6 Å². The van der Waals surface area contributed by atoms with Gasteiger partial charge in [0.15, 0.2) is 0 Å². The molecule has 0 saturated carbocycles. The molecule has 0 radical (unpaired) electrons. The average molecular weight is 276 g/mol. The van der Waals surface area contributed by atoms with Crippen molar-refractivity contribution >= 4 is 46.2 Å². The Kier molecular flexibility index (Phi) is 2.73. The molecule has 90 valence electrons. The van der Waals surface area contributed by atoms with Crippen molar-refractivity contribution in [1.82, 2.24) is 0 Å². The molecule has 0 aliphatic carbocycles. The van der Waals surface area contributed by atoms with E-state index in [0.29, 0.717) is 10.6 Å². The highest BCUT2D eigenvalue weighted by molar-refractivity contribution is 7.12. The lowest BCUT2D eigenvalue weighted by Gasteiger charge is -1.98. The van der Waals surface area contributed by atoms with E-state index in [9.17, 15) is 4.79 Å². The lowest BCUT2D eigenvalue weighted by atomic mass is 10.1. The lowest BCUT2D eigenvalue weighted by Crippen LogP contribution is -2.03. The number of carbonyl (C=O) groups is 1. The Balaban J connectivity index is 2.09. The third kappa shape index (κ3) is 1.96. The van der Waals surface area contributed by atoms with Gasteiger partial charge in [-0.15, -0.1) is 11.3 Å². The number of hydrogen-bond donors (Lipinski definition) is 1. The van der Waals surface area contributed by atoms with Gasteiger partial charge < -0.3 is 5.32 Å². The maximum Gasteiger partial charge on any atom is 0.256 e. The average Bonchev–Trinajstić information content (AvgIpc) is 2.84. The van der Waals surface area contributed by atoms with E-state index in [0.717, 1.165) is 16.1 Å². The zero-order valence-electron chi connectivity index (χ0n) is 9.66. The number of thiophene rings is 1. The number of halogens is 1. The molecular formula is C14H10ClNOS. The number of fused-ring (bicyclic) bond motifs is 1. The SMILES string of the molecule is Cc1ccc(/C=C2\C(=O)Nc3cc(Cl)ccc32)s1. The topological polar surface area (TPSA) is 29.1 Å². The van der Waals surface area contributed by atoms with Gasteiger partial charge >= 0.3 is 0 Å². The molecule has 1 aromatic heterocycles. The van der Waals surface area contributed by atoms with Gasteiger partial charge in [-0.1, -0.05) is 17.7 Å². The molecule has 1 aromatic carbocycles. The minimum Gasteiger partial charge on any atom is -0.321 e. The summed E-state index contributed by atoms with van der Waals surface area (Å²) in [5.74, 6) is -0.0710. The van der Waals surface area contributed by atoms with Crippen LogP contribution >= 0.6 is 22.9 Å². The van der Waals surface area contributed by atoms with Crippen LogP contribution in [0.2, 0.25) is 5.02 Å². The van der Waals surface area contributed by atoms with Crippen molar-refractivity contribution in [2.75, 3.05) is 5.32 Å². The van der Waals surface area contributed by atoms with Crippen LogP contribution in [0.3, 0.4) is 0 Å². The first-order chi connectivity index (χ1) is 8.63. The second-order valence-electron chi connectivity index (χ2n) is 4.15. The van der Waals surface area contributed by atoms with E-state index in [1.165, 1.54) is 4.88 Å². The normalized spacial score (nSPS) is 15.9. The molecule has 0 spiro atoms. The molecule has 3 rings (SSSR count). The number of benzene rings is 1. The first-order valence-electron chi connectivity index (χ1n) is 5.53. The summed E-state index contributed by atoms with van der Waals surface area (Å²) in [7, 11) is 0. The molecule has 2 heterocycles. The summed E-state index contributed by atoms with van der Waals surface area (Å²) >= 11 is 7.59. The molecule has 4 heteroatoms. The second kappa shape index (κ2) is 4.26. The number of rotatable bonds is 1. The van der Waals surface area contributed by atoms with Gasteiger partial charge in [0.05, 0.1) is 11.3 Å². The minimum absolute atomic E-state index is 0.0710. The number of hydrogen-bond acceptors (Lipinski definition) is 2. The first kappa shape index (κ1) is 11.5. The Morgan fingerprint density at radius 1 is 1.28 bits per heavy atom. The standard InChI is InChI=1S/C14H10ClNOS/c1-8-2-4-10(18-8)7-12-11-5-3-9(15)6-13(11)16-14(12)17/h2-7H,1H3,(H,16,17)/b12-7-. The predicted molar refractivity (Wildman–Crippen MR) is 77.0 cm³/mol. The molecule has 2 aromatic rings. The van der Waals surface area contributed by atoms with E-state index in [1.807, 2.05) is 24.3 Å². The summed E-state index contributed by atoms with van der Waals surface area (Å²) in [6, 6.07) is 9.52. The monoisotopic (exact) mass is 275 g/mol. The molecule has 1 N–H and O–H groups in total. The molecule has 1 amide bonds. The second-order valence-corrected chi connectivity index (χ2v) is 5.91. The Bertz CT molecular complexity index is 672. The van der Waals surface area contributed by atoms with E-state index < -0.39 is 0 Å². The highest BCUT2D eigenvalue weighted by atomic mass is 35.5. The van der Waals surface area contributed by atoms with Crippen LogP contribution in [-0.4, -0.2) is 5.91 Å². The number of nitrogens with one attached hydrogen (secondary N) is 1. The van der Waals surface area contributed by atoms with Gasteiger partial charge in [0.25, 0.3) is 5.91 Å². The van der Waals surface area contributed by atoms with Gasteiger partial charge in [-0.05, 0) is 37.3 Å². The Hall–Kier alpha value is -1.58. The third-order valence-corrected chi connectivity index (χ3v) is 4.00. The van der Waals surface area contributed by atoms with Crippen molar-refractivity contribution in [2.45, 2.75) is 6.92 Å². The van der Waals surface area contributed by atoms with Gasteiger partial charge in [-0.2, -0.15) is 0 Å². The lowest BCUT2D eigenvalue weighted by molar-refractivity contribution is -0.110. The fraction of sp³-hybridized carbons (Fsp3) is 0.0714. The summed E-state index contributed by atoms with van der Waals surface area (Å²) in [6.45, 7) is 2.05. The molecule has 0 bridgehead atoms. The minimum atomic E-state index is -0.0710. The van der Waals surface area contributed by atoms with Crippen LogP contribution in [0.15, 0.2) is 30.3 Å². The molecule has 18 heavy (non-hydrogen) atoms. The van der Waals surface area contributed by atoms with Crippen molar-refractivity contribution < 1.29 is 4.79 Å². The Morgan fingerprint density at radius 2 is 2.11 bits per heavy atom. The molecule has 0 atom stereocenters. The van der Waals surface area contributed by atoms with E-state index in [1.54, 1.807) is 23.5 Å². The molecule has 0 saturated heterocycles. The van der Waals surface area contributed by atoms with Gasteiger partial charge in [0.1, 0.15) is 0 Å². The number of amides is 1. The van der Waals surface area contributed by atoms with Crippen LogP contribution in [0, 0.1) is 6.92 Å². The highest BCUT2D eigenvalue weighted by Crippen LogP contribution is 2.35. The third-order valence-electron chi connectivity index (χ3n) is 2.81. The number of carbonyl (C=O) groups excluding carboxylic acids is 1. The number of aryl methyl sites for hydroxylation is 1. The van der Waals surface area contributed by atoms with Gasteiger partial charge in [-0.3, -0.25) is 4.79 Å². The molecule has 0 fully saturated rings. The van der Waals surface area contributed by atoms with Crippen molar-refractivity contribution in [3.8, 4) is 0 Å². The van der Waals surface area contributed by atoms with Gasteiger partial charge in [-0.25, -0.2) is 0 Å². The predicted octanol–water partition coefficient (Wildman–Crippen LogP) is 4.20. The molecule has 1 aliphatic heterocycles. The summed E-state index contributed by atoms with van der Waals surface area (Å²) in [5, 5.41) is 3.46. The van der Waals surface area contributed by atoms with Crippen LogP contribution in [-0.2, 0) is 4.79 Å². The first-order valence-corrected chi connectivity index (χ1v) is 6.72. The van der Waals surface area contributed by atoms with Crippen LogP contribution in [0.25, 0.3) is 11.6 Å². The largest absolute Gasteiger partial charge is 0.321 e. The molecule has 0 unspecified atom stereocenters. The molecule has 2 nitrogen and oxygen atoms in total. The summed E-state index contributed by atoms with van der Waals surface area (Å²) in [6.07, 6.45) is 1.92. The zero-order chi connectivity index (χ0) is 12.7. The van der Waals surface area contributed by atoms with Crippen LogP contribution in [0.4, 0.5) is 5.69 Å².